The Morgan fingerprint density at radius 2 is 2.15 bits per heavy atom. The largest absolute Gasteiger partial charge is 0.110 e. The first-order valence-corrected chi connectivity index (χ1v) is 7.54. The van der Waals surface area contributed by atoms with E-state index in [4.69, 9.17) is 23.2 Å². The maximum atomic E-state index is 5.83. The fourth-order valence-corrected chi connectivity index (χ4v) is 5.32. The zero-order valence-electron chi connectivity index (χ0n) is 8.18. The summed E-state index contributed by atoms with van der Waals surface area (Å²) in [5.41, 5.74) is 0.796. The first-order chi connectivity index (χ1) is 6.13. The maximum Gasteiger partial charge on any atom is 0.0910 e. The Kier molecular flexibility index (Phi) is 4.85. The molecule has 0 aromatic rings. The van der Waals surface area contributed by atoms with Crippen LogP contribution in [0.5, 0.6) is 0 Å². The number of hydrogen-bond acceptors (Lipinski definition) is 0. The lowest BCUT2D eigenvalue weighted by Gasteiger charge is -2.18. The smallest absolute Gasteiger partial charge is 0.0910 e. The molecule has 0 saturated heterocycles. The summed E-state index contributed by atoms with van der Waals surface area (Å²) in [7, 11) is -0.293. The molecule has 1 aliphatic rings. The third-order valence-corrected chi connectivity index (χ3v) is 6.04. The van der Waals surface area contributed by atoms with Crippen molar-refractivity contribution in [3.05, 3.63) is 12.7 Å². The van der Waals surface area contributed by atoms with E-state index in [1.54, 1.807) is 0 Å². The normalized spacial score (nSPS) is 31.7. The van der Waals surface area contributed by atoms with Crippen molar-refractivity contribution >= 4 is 32.7 Å². The minimum Gasteiger partial charge on any atom is -0.110 e. The second kappa shape index (κ2) is 5.43. The topological polar surface area (TPSA) is 0 Å². The van der Waals surface area contributed by atoms with Crippen LogP contribution in [0.25, 0.3) is 0 Å². The van der Waals surface area contributed by atoms with Crippen molar-refractivity contribution in [2.45, 2.75) is 36.2 Å². The van der Waals surface area contributed by atoms with Crippen molar-refractivity contribution in [3.63, 3.8) is 0 Å². The van der Waals surface area contributed by atoms with Crippen LogP contribution >= 0.6 is 23.2 Å². The van der Waals surface area contributed by atoms with Gasteiger partial charge < -0.3 is 0 Å². The molecule has 13 heavy (non-hydrogen) atoms. The highest BCUT2D eigenvalue weighted by atomic mass is 35.5. The SMILES string of the molecule is C=CC1CCC(C(C)[SiH2]C(Cl)Cl)C1. The maximum absolute atomic E-state index is 5.83. The van der Waals surface area contributed by atoms with Gasteiger partial charge in [0.15, 0.2) is 0 Å². The van der Waals surface area contributed by atoms with Crippen LogP contribution in [0, 0.1) is 11.8 Å². The molecule has 76 valence electrons. The van der Waals surface area contributed by atoms with E-state index >= 15 is 0 Å². The Balaban J connectivity index is 2.32. The van der Waals surface area contributed by atoms with E-state index in [1.807, 2.05) is 0 Å². The predicted molar refractivity (Wildman–Crippen MR) is 64.5 cm³/mol. The number of allylic oxidation sites excluding steroid dienone is 1. The molecule has 3 atom stereocenters. The van der Waals surface area contributed by atoms with Crippen LogP contribution in [0.4, 0.5) is 0 Å². The Morgan fingerprint density at radius 1 is 1.46 bits per heavy atom. The fraction of sp³-hybridized carbons (Fsp3) is 0.800. The average Bonchev–Trinajstić information content (AvgIpc) is 2.50. The highest BCUT2D eigenvalue weighted by molar-refractivity contribution is 6.69. The molecule has 1 rings (SSSR count). The second-order valence-corrected chi connectivity index (χ2v) is 9.06. The zero-order chi connectivity index (χ0) is 9.84. The van der Waals surface area contributed by atoms with Crippen LogP contribution in [-0.4, -0.2) is 14.0 Å². The van der Waals surface area contributed by atoms with Gasteiger partial charge in [-0.15, -0.1) is 29.8 Å². The average molecular weight is 237 g/mol. The Hall–Kier alpha value is 0.537. The molecule has 0 nitrogen and oxygen atoms in total. The molecule has 0 heterocycles. The molecule has 0 aromatic carbocycles. The minimum absolute atomic E-state index is 0.0576. The monoisotopic (exact) mass is 236 g/mol. The fourth-order valence-electron chi connectivity index (χ4n) is 2.26. The van der Waals surface area contributed by atoms with Gasteiger partial charge in [0, 0.05) is 0 Å². The Morgan fingerprint density at radius 3 is 2.62 bits per heavy atom. The summed E-state index contributed by atoms with van der Waals surface area (Å²) < 4.78 is -0.0576. The third kappa shape index (κ3) is 3.65. The van der Waals surface area contributed by atoms with Gasteiger partial charge in [-0.3, -0.25) is 0 Å². The predicted octanol–water partition coefficient (Wildman–Crippen LogP) is 3.33. The van der Waals surface area contributed by atoms with Gasteiger partial charge in [0.25, 0.3) is 0 Å². The summed E-state index contributed by atoms with van der Waals surface area (Å²) in [6.07, 6.45) is 6.10. The molecule has 3 heteroatoms. The standard InChI is InChI=1S/C10H18Cl2Si/c1-3-8-4-5-9(6-8)7(2)13-10(11)12/h3,7-10H,1,4-6,13H2,2H3. The molecule has 0 N–H and O–H groups in total. The van der Waals surface area contributed by atoms with Crippen molar-refractivity contribution in [1.82, 2.24) is 0 Å². The van der Waals surface area contributed by atoms with E-state index in [1.165, 1.54) is 19.3 Å². The van der Waals surface area contributed by atoms with Crippen molar-refractivity contribution in [3.8, 4) is 0 Å². The van der Waals surface area contributed by atoms with Gasteiger partial charge >= 0.3 is 0 Å². The summed E-state index contributed by atoms with van der Waals surface area (Å²) in [6.45, 7) is 6.18. The molecule has 3 unspecified atom stereocenters. The first kappa shape index (κ1) is 11.6. The zero-order valence-corrected chi connectivity index (χ0v) is 11.1. The van der Waals surface area contributed by atoms with Crippen LogP contribution in [0.2, 0.25) is 5.54 Å². The molecule has 0 radical (unpaired) electrons. The lowest BCUT2D eigenvalue weighted by Crippen LogP contribution is -2.15. The van der Waals surface area contributed by atoms with E-state index in [9.17, 15) is 0 Å². The summed E-state index contributed by atoms with van der Waals surface area (Å²) in [4.78, 5) is 0. The molecule has 0 amide bonds. The van der Waals surface area contributed by atoms with Gasteiger partial charge in [-0.1, -0.05) is 13.0 Å². The summed E-state index contributed by atoms with van der Waals surface area (Å²) in [6, 6.07) is 0. The van der Waals surface area contributed by atoms with E-state index < -0.39 is 0 Å². The van der Waals surface area contributed by atoms with Crippen LogP contribution in [0.3, 0.4) is 0 Å². The van der Waals surface area contributed by atoms with E-state index in [2.05, 4.69) is 19.6 Å². The number of halogens is 2. The molecule has 0 spiro atoms. The lowest BCUT2D eigenvalue weighted by atomic mass is 10.0. The number of hydrogen-bond donors (Lipinski definition) is 0. The molecule has 0 bridgehead atoms. The minimum atomic E-state index is -0.293. The lowest BCUT2D eigenvalue weighted by molar-refractivity contribution is 0.511. The molecule has 0 aliphatic heterocycles. The van der Waals surface area contributed by atoms with E-state index in [0.29, 0.717) is 0 Å². The molecule has 0 aromatic heterocycles. The highest BCUT2D eigenvalue weighted by Gasteiger charge is 2.27. The van der Waals surface area contributed by atoms with Crippen molar-refractivity contribution < 1.29 is 0 Å². The molecule has 1 aliphatic carbocycles. The van der Waals surface area contributed by atoms with Crippen LogP contribution < -0.4 is 0 Å². The van der Waals surface area contributed by atoms with Crippen molar-refractivity contribution in [2.75, 3.05) is 0 Å². The molecule has 1 fully saturated rings. The van der Waals surface area contributed by atoms with Crippen molar-refractivity contribution in [1.29, 1.82) is 0 Å². The van der Waals surface area contributed by atoms with E-state index in [0.717, 1.165) is 17.4 Å². The quantitative estimate of drug-likeness (QED) is 0.399. The van der Waals surface area contributed by atoms with Gasteiger partial charge in [0.2, 0.25) is 0 Å². The van der Waals surface area contributed by atoms with Gasteiger partial charge in [0.1, 0.15) is 0 Å². The van der Waals surface area contributed by atoms with Gasteiger partial charge in [-0.25, -0.2) is 0 Å². The summed E-state index contributed by atoms with van der Waals surface area (Å²) in [5.74, 6) is 1.63. The Labute approximate surface area is 93.5 Å². The van der Waals surface area contributed by atoms with Gasteiger partial charge in [0.05, 0.1) is 14.0 Å². The number of alkyl halides is 2. The first-order valence-electron chi connectivity index (χ1n) is 5.04. The van der Waals surface area contributed by atoms with Gasteiger partial charge in [-0.2, -0.15) is 0 Å². The third-order valence-electron chi connectivity index (χ3n) is 3.20. The van der Waals surface area contributed by atoms with Crippen LogP contribution in [-0.2, 0) is 0 Å². The second-order valence-electron chi connectivity index (χ2n) is 4.17. The van der Waals surface area contributed by atoms with Crippen LogP contribution in [0.1, 0.15) is 26.2 Å². The molecule has 1 saturated carbocycles. The van der Waals surface area contributed by atoms with Crippen molar-refractivity contribution in [2.24, 2.45) is 11.8 Å². The summed E-state index contributed by atoms with van der Waals surface area (Å²) in [5, 5.41) is 0. The summed E-state index contributed by atoms with van der Waals surface area (Å²) >= 11 is 11.7. The molecular weight excluding hydrogens is 219 g/mol. The van der Waals surface area contributed by atoms with Gasteiger partial charge in [-0.05, 0) is 36.6 Å². The highest BCUT2D eigenvalue weighted by Crippen LogP contribution is 2.39. The van der Waals surface area contributed by atoms with E-state index in [-0.39, 0.29) is 14.0 Å². The van der Waals surface area contributed by atoms with Crippen LogP contribution in [0.15, 0.2) is 12.7 Å². The molecular formula is C10H18Cl2Si. The Bertz CT molecular complexity index is 170. The number of rotatable bonds is 4.